The number of allylic oxidation sites excluding steroid dienone is 4. The smallest absolute Gasteiger partial charge is 0.0490 e. The van der Waals surface area contributed by atoms with E-state index in [2.05, 4.69) is 450 Å². The second kappa shape index (κ2) is 32.4. The molecule has 0 aliphatic carbocycles. The van der Waals surface area contributed by atoms with E-state index in [0.717, 1.165) is 89.8 Å². The molecule has 0 N–H and O–H groups in total. The molecule has 0 saturated heterocycles. The Hall–Kier alpha value is -12.6. The fraction of sp³-hybridized carbons (Fsp3) is 0.0408. The SMILES string of the molecule is Cc1ccc(N(c2ccc(/C=C/c3ccc(/C=C\C=C(c4ccccc4)c4ccccc4)cc3)cc2)c2ccc(/C=C/c3ccc(/C=C/c4ccc(N(c5ccc(/C=C/c6ccc(/C=C\C=C(c7ccccc7)c7ccccc7)cc6)cc5)c5ccc(C)cc5C)cc4)cc3)cc2)c(C)c1. The lowest BCUT2D eigenvalue weighted by Crippen LogP contribution is -2.11. The van der Waals surface area contributed by atoms with Crippen LogP contribution in [0.3, 0.4) is 0 Å². The van der Waals surface area contributed by atoms with Crippen LogP contribution in [-0.4, -0.2) is 0 Å². The Morgan fingerprint density at radius 1 is 0.210 bits per heavy atom. The van der Waals surface area contributed by atoms with Crippen molar-refractivity contribution in [1.29, 1.82) is 0 Å². The highest BCUT2D eigenvalue weighted by atomic mass is 15.1. The Kier molecular flexibility index (Phi) is 21.4. The molecule has 0 atom stereocenters. The first kappa shape index (κ1) is 66.0. The Morgan fingerprint density at radius 3 is 0.620 bits per heavy atom. The largest absolute Gasteiger partial charge is 0.310 e. The fourth-order valence-corrected chi connectivity index (χ4v) is 12.5. The molecule has 0 aromatic heterocycles. The molecular weight excluding hydrogens is 1210 g/mol. The van der Waals surface area contributed by atoms with Crippen molar-refractivity contribution in [1.82, 2.24) is 0 Å². The number of hydrogen-bond donors (Lipinski definition) is 0. The van der Waals surface area contributed by atoms with E-state index in [-0.39, 0.29) is 0 Å². The molecule has 0 bridgehead atoms. The molecular formula is C98H80N2. The molecule has 0 radical (unpaired) electrons. The minimum absolute atomic E-state index is 1.10. The first-order chi connectivity index (χ1) is 49.2. The van der Waals surface area contributed by atoms with Gasteiger partial charge in [0.05, 0.1) is 0 Å². The zero-order chi connectivity index (χ0) is 68.2. The molecule has 2 nitrogen and oxygen atoms in total. The number of aryl methyl sites for hydroxylation is 4. The second-order valence-electron chi connectivity index (χ2n) is 25.3. The van der Waals surface area contributed by atoms with Gasteiger partial charge in [0.15, 0.2) is 0 Å². The third-order valence-electron chi connectivity index (χ3n) is 17.9. The van der Waals surface area contributed by atoms with Gasteiger partial charge in [-0.05, 0) is 189 Å². The van der Waals surface area contributed by atoms with Crippen LogP contribution in [0.1, 0.15) is 100 Å². The molecule has 0 unspecified atom stereocenters. The van der Waals surface area contributed by atoms with E-state index < -0.39 is 0 Å². The molecule has 13 aromatic carbocycles. The zero-order valence-corrected chi connectivity index (χ0v) is 57.2. The van der Waals surface area contributed by atoms with Gasteiger partial charge in [-0.15, -0.1) is 0 Å². The van der Waals surface area contributed by atoms with Crippen molar-refractivity contribution in [3.8, 4) is 0 Å². The molecule has 0 amide bonds. The topological polar surface area (TPSA) is 6.48 Å². The molecule has 0 aliphatic heterocycles. The van der Waals surface area contributed by atoms with E-state index in [1.165, 1.54) is 55.7 Å². The van der Waals surface area contributed by atoms with Crippen LogP contribution in [0.2, 0.25) is 0 Å². The van der Waals surface area contributed by atoms with Gasteiger partial charge < -0.3 is 9.80 Å². The van der Waals surface area contributed by atoms with E-state index in [1.807, 2.05) is 0 Å². The number of benzene rings is 13. The number of hydrogen-bond acceptors (Lipinski definition) is 2. The summed E-state index contributed by atoms with van der Waals surface area (Å²) in [5.41, 5.74) is 30.2. The maximum Gasteiger partial charge on any atom is 0.0490 e. The summed E-state index contributed by atoms with van der Waals surface area (Å²) < 4.78 is 0. The molecule has 100 heavy (non-hydrogen) atoms. The summed E-state index contributed by atoms with van der Waals surface area (Å²) in [6.07, 6.45) is 30.5. The summed E-state index contributed by atoms with van der Waals surface area (Å²) in [4.78, 5) is 4.71. The van der Waals surface area contributed by atoms with E-state index in [0.29, 0.717) is 0 Å². The van der Waals surface area contributed by atoms with Crippen LogP contribution >= 0.6 is 0 Å². The van der Waals surface area contributed by atoms with Gasteiger partial charge in [0, 0.05) is 34.1 Å². The monoisotopic (exact) mass is 1280 g/mol. The third-order valence-corrected chi connectivity index (χ3v) is 17.9. The standard InChI is InChI=1S/C98H80N2/c1-73-31-69-97(75(3)71-73)99(91-61-53-83(54-62-91)49-45-79-37-33-77(34-38-79)19-17-29-95(87-21-9-5-10-22-87)88-23-11-6-12-24-88)93-65-57-85(58-66-93)51-47-81-41-43-82(44-42-81)48-52-86-59-67-94(68-60-86)100(98-70-32-74(2)72-76(98)4)92-63-55-84(56-64-92)50-46-80-39-35-78(36-40-80)20-18-30-96(89-25-13-7-14-26-89)90-27-15-8-16-28-90/h5-72H,1-4H3/b19-17-,20-18-,49-45+,50-46+,51-47+,52-48+. The summed E-state index contributed by atoms with van der Waals surface area (Å²) in [5.74, 6) is 0. The molecule has 13 rings (SSSR count). The molecule has 482 valence electrons. The zero-order valence-electron chi connectivity index (χ0n) is 57.2. The first-order valence-corrected chi connectivity index (χ1v) is 34.3. The van der Waals surface area contributed by atoms with Gasteiger partial charge in [0.2, 0.25) is 0 Å². The maximum atomic E-state index is 2.36. The van der Waals surface area contributed by atoms with Gasteiger partial charge in [-0.2, -0.15) is 0 Å². The highest BCUT2D eigenvalue weighted by Crippen LogP contribution is 2.40. The highest BCUT2D eigenvalue weighted by molar-refractivity contribution is 5.86. The van der Waals surface area contributed by atoms with Crippen LogP contribution in [0.5, 0.6) is 0 Å². The fourth-order valence-electron chi connectivity index (χ4n) is 12.5. The summed E-state index contributed by atoms with van der Waals surface area (Å²) in [5, 5.41) is 0. The lowest BCUT2D eigenvalue weighted by Gasteiger charge is -2.27. The van der Waals surface area contributed by atoms with E-state index >= 15 is 0 Å². The summed E-state index contributed by atoms with van der Waals surface area (Å²) in [6, 6.07) is 117. The molecule has 0 spiro atoms. The average molecular weight is 1290 g/mol. The summed E-state index contributed by atoms with van der Waals surface area (Å²) >= 11 is 0. The van der Waals surface area contributed by atoms with Crippen LogP contribution in [0, 0.1) is 27.7 Å². The van der Waals surface area contributed by atoms with Crippen LogP contribution in [-0.2, 0) is 0 Å². The van der Waals surface area contributed by atoms with Crippen LogP contribution in [0.25, 0.3) is 71.9 Å². The van der Waals surface area contributed by atoms with E-state index in [9.17, 15) is 0 Å². The minimum atomic E-state index is 1.10. The quantitative estimate of drug-likeness (QED) is 0.0493. The summed E-state index contributed by atoms with van der Waals surface area (Å²) in [6.45, 7) is 8.70. The van der Waals surface area contributed by atoms with Gasteiger partial charge in [0.25, 0.3) is 0 Å². The van der Waals surface area contributed by atoms with Crippen molar-refractivity contribution in [3.05, 3.63) is 452 Å². The predicted molar refractivity (Wildman–Crippen MR) is 434 cm³/mol. The van der Waals surface area contributed by atoms with Crippen LogP contribution in [0.4, 0.5) is 34.1 Å². The molecule has 13 aromatic rings. The summed E-state index contributed by atoms with van der Waals surface area (Å²) in [7, 11) is 0. The van der Waals surface area contributed by atoms with Gasteiger partial charge >= 0.3 is 0 Å². The normalized spacial score (nSPS) is 11.6. The van der Waals surface area contributed by atoms with Crippen molar-refractivity contribution < 1.29 is 0 Å². The van der Waals surface area contributed by atoms with Crippen molar-refractivity contribution in [2.24, 2.45) is 0 Å². The molecule has 2 heteroatoms. The van der Waals surface area contributed by atoms with E-state index in [4.69, 9.17) is 0 Å². The lowest BCUT2D eigenvalue weighted by molar-refractivity contribution is 1.24. The Balaban J connectivity index is 0.631. The molecule has 0 saturated carbocycles. The maximum absolute atomic E-state index is 2.36. The van der Waals surface area contributed by atoms with Gasteiger partial charge in [-0.25, -0.2) is 0 Å². The van der Waals surface area contributed by atoms with Gasteiger partial charge in [-0.3, -0.25) is 0 Å². The van der Waals surface area contributed by atoms with Crippen molar-refractivity contribution >= 4 is 106 Å². The molecule has 0 fully saturated rings. The lowest BCUT2D eigenvalue weighted by atomic mass is 9.97. The van der Waals surface area contributed by atoms with Crippen LogP contribution < -0.4 is 9.80 Å². The second-order valence-corrected chi connectivity index (χ2v) is 25.3. The number of anilines is 6. The van der Waals surface area contributed by atoms with Crippen LogP contribution in [0.15, 0.2) is 352 Å². The third kappa shape index (κ3) is 17.3. The van der Waals surface area contributed by atoms with Crippen molar-refractivity contribution in [2.45, 2.75) is 27.7 Å². The Morgan fingerprint density at radius 2 is 0.410 bits per heavy atom. The average Bonchev–Trinajstić information content (AvgIpc) is 0.802. The van der Waals surface area contributed by atoms with Crippen molar-refractivity contribution in [2.75, 3.05) is 9.80 Å². The highest BCUT2D eigenvalue weighted by Gasteiger charge is 2.17. The molecule has 0 heterocycles. The number of rotatable bonds is 22. The van der Waals surface area contributed by atoms with E-state index in [1.54, 1.807) is 0 Å². The van der Waals surface area contributed by atoms with Crippen molar-refractivity contribution in [3.63, 3.8) is 0 Å². The Labute approximate surface area is 591 Å². The minimum Gasteiger partial charge on any atom is -0.310 e. The van der Waals surface area contributed by atoms with Gasteiger partial charge in [-0.1, -0.05) is 363 Å². The predicted octanol–water partition coefficient (Wildman–Crippen LogP) is 26.8. The molecule has 0 aliphatic rings. The van der Waals surface area contributed by atoms with Gasteiger partial charge in [0.1, 0.15) is 0 Å². The first-order valence-electron chi connectivity index (χ1n) is 34.3. The Bertz CT molecular complexity index is 4680. The number of nitrogens with zero attached hydrogens (tertiary/aromatic N) is 2.